The highest BCUT2D eigenvalue weighted by molar-refractivity contribution is 5.99. The topological polar surface area (TPSA) is 51.5 Å². The zero-order valence-corrected chi connectivity index (χ0v) is 15.2. The van der Waals surface area contributed by atoms with Crippen LogP contribution in [0.5, 0.6) is 0 Å². The van der Waals surface area contributed by atoms with Crippen LogP contribution in [0, 0.1) is 0 Å². The summed E-state index contributed by atoms with van der Waals surface area (Å²) in [6.45, 7) is 3.18. The fourth-order valence-electron chi connectivity index (χ4n) is 2.77. The Labute approximate surface area is 149 Å². The molecule has 0 saturated heterocycles. The van der Waals surface area contributed by atoms with Crippen LogP contribution >= 0.6 is 0 Å². The number of ketones is 1. The van der Waals surface area contributed by atoms with Crippen LogP contribution in [0.25, 0.3) is 0 Å². The van der Waals surface area contributed by atoms with E-state index < -0.39 is 0 Å². The predicted molar refractivity (Wildman–Crippen MR) is 98.0 cm³/mol. The van der Waals surface area contributed by atoms with E-state index in [9.17, 15) is 9.59 Å². The third kappa shape index (κ3) is 5.29. The maximum absolute atomic E-state index is 12.9. The highest BCUT2D eigenvalue weighted by Gasteiger charge is 2.20. The summed E-state index contributed by atoms with van der Waals surface area (Å²) in [5.41, 5.74) is 2.35. The fraction of sp³-hybridized carbons (Fsp3) is 0.400. The molecule has 0 atom stereocenters. The lowest BCUT2D eigenvalue weighted by Crippen LogP contribution is -2.36. The molecule has 2 aromatic rings. The number of ether oxygens (including phenoxy) is 1. The van der Waals surface area contributed by atoms with Crippen molar-refractivity contribution < 1.29 is 14.3 Å². The number of benzene rings is 1. The highest BCUT2D eigenvalue weighted by Crippen LogP contribution is 2.12. The first-order chi connectivity index (χ1) is 12.0. The van der Waals surface area contributed by atoms with Gasteiger partial charge in [0.15, 0.2) is 5.78 Å². The maximum atomic E-state index is 12.9. The van der Waals surface area contributed by atoms with E-state index in [0.29, 0.717) is 31.0 Å². The second-order valence-corrected chi connectivity index (χ2v) is 6.16. The minimum atomic E-state index is -0.0693. The third-order valence-corrected chi connectivity index (χ3v) is 4.22. The maximum Gasteiger partial charge on any atom is 0.270 e. The molecule has 0 spiro atoms. The van der Waals surface area contributed by atoms with Crippen molar-refractivity contribution in [2.75, 3.05) is 26.8 Å². The normalized spacial score (nSPS) is 10.7. The van der Waals surface area contributed by atoms with E-state index in [-0.39, 0.29) is 11.7 Å². The van der Waals surface area contributed by atoms with Crippen LogP contribution in [-0.4, -0.2) is 48.0 Å². The van der Waals surface area contributed by atoms with Crippen molar-refractivity contribution in [3.8, 4) is 0 Å². The predicted octanol–water partition coefficient (Wildman–Crippen LogP) is 2.95. The third-order valence-electron chi connectivity index (χ3n) is 4.22. The van der Waals surface area contributed by atoms with Crippen molar-refractivity contribution in [3.05, 3.63) is 59.4 Å². The zero-order chi connectivity index (χ0) is 18.2. The van der Waals surface area contributed by atoms with E-state index in [4.69, 9.17) is 4.74 Å². The first-order valence-corrected chi connectivity index (χ1v) is 8.52. The molecule has 0 aliphatic carbocycles. The second kappa shape index (κ2) is 9.18. The molecule has 5 heteroatoms. The molecule has 0 radical (unpaired) electrons. The lowest BCUT2D eigenvalue weighted by molar-refractivity contribution is 0.0684. The molecule has 1 aromatic carbocycles. The van der Waals surface area contributed by atoms with Crippen LogP contribution in [0.3, 0.4) is 0 Å². The van der Waals surface area contributed by atoms with Gasteiger partial charge >= 0.3 is 0 Å². The Balaban J connectivity index is 2.05. The minimum Gasteiger partial charge on any atom is -0.383 e. The number of aryl methyl sites for hydroxylation is 2. The number of carbonyl (C=O) groups is 2. The number of carbonyl (C=O) groups excluding carboxylic acids is 2. The van der Waals surface area contributed by atoms with Gasteiger partial charge in [-0.3, -0.25) is 9.59 Å². The average molecular weight is 342 g/mol. The number of Topliss-reactive ketones (excluding diaryl/α,β-unsaturated/α-hetero) is 1. The Morgan fingerprint density at radius 1 is 1.16 bits per heavy atom. The Morgan fingerprint density at radius 3 is 2.48 bits per heavy atom. The molecular formula is C20H26N2O3. The van der Waals surface area contributed by atoms with Crippen molar-refractivity contribution in [2.24, 2.45) is 7.05 Å². The molecule has 0 aliphatic rings. The van der Waals surface area contributed by atoms with E-state index in [1.165, 1.54) is 12.5 Å². The summed E-state index contributed by atoms with van der Waals surface area (Å²) in [6, 6.07) is 11.9. The quantitative estimate of drug-likeness (QED) is 0.658. The van der Waals surface area contributed by atoms with E-state index in [1.54, 1.807) is 35.9 Å². The number of rotatable bonds is 9. The number of amides is 1. The molecule has 1 heterocycles. The van der Waals surface area contributed by atoms with Crippen molar-refractivity contribution >= 4 is 11.7 Å². The van der Waals surface area contributed by atoms with Crippen LogP contribution in [0.15, 0.2) is 42.6 Å². The first-order valence-electron chi connectivity index (χ1n) is 8.52. The number of nitrogens with zero attached hydrogens (tertiary/aromatic N) is 2. The van der Waals surface area contributed by atoms with Crippen LogP contribution in [0.4, 0.5) is 0 Å². The fourth-order valence-corrected chi connectivity index (χ4v) is 2.77. The number of hydrogen-bond acceptors (Lipinski definition) is 3. The minimum absolute atomic E-state index is 0.0397. The van der Waals surface area contributed by atoms with E-state index in [0.717, 1.165) is 12.8 Å². The largest absolute Gasteiger partial charge is 0.383 e. The molecule has 0 saturated carbocycles. The van der Waals surface area contributed by atoms with Crippen LogP contribution in [0.2, 0.25) is 0 Å². The van der Waals surface area contributed by atoms with Gasteiger partial charge in [-0.25, -0.2) is 0 Å². The van der Waals surface area contributed by atoms with E-state index in [2.05, 4.69) is 12.1 Å². The molecule has 0 unspecified atom stereocenters. The SMILES string of the molecule is COCCN(CCCc1ccccc1)C(=O)c1cc(C(C)=O)cn1C. The van der Waals surface area contributed by atoms with Gasteiger partial charge in [0.05, 0.1) is 6.61 Å². The molecule has 25 heavy (non-hydrogen) atoms. The zero-order valence-electron chi connectivity index (χ0n) is 15.2. The molecular weight excluding hydrogens is 316 g/mol. The van der Waals surface area contributed by atoms with Gasteiger partial charge in [0, 0.05) is 39.0 Å². The Hall–Kier alpha value is -2.40. The van der Waals surface area contributed by atoms with Crippen LogP contribution in [-0.2, 0) is 18.2 Å². The Kier molecular flexibility index (Phi) is 6.95. The average Bonchev–Trinajstić information content (AvgIpc) is 3.00. The number of hydrogen-bond donors (Lipinski definition) is 0. The van der Waals surface area contributed by atoms with Crippen LogP contribution < -0.4 is 0 Å². The summed E-state index contributed by atoms with van der Waals surface area (Å²) >= 11 is 0. The molecule has 0 bridgehead atoms. The van der Waals surface area contributed by atoms with Gasteiger partial charge < -0.3 is 14.2 Å². The Morgan fingerprint density at radius 2 is 1.88 bits per heavy atom. The highest BCUT2D eigenvalue weighted by atomic mass is 16.5. The molecule has 0 aliphatic heterocycles. The molecule has 1 amide bonds. The van der Waals surface area contributed by atoms with Crippen molar-refractivity contribution in [3.63, 3.8) is 0 Å². The van der Waals surface area contributed by atoms with Crippen LogP contribution in [0.1, 0.15) is 39.8 Å². The molecule has 134 valence electrons. The van der Waals surface area contributed by atoms with Gasteiger partial charge in [0.2, 0.25) is 0 Å². The summed E-state index contributed by atoms with van der Waals surface area (Å²) in [7, 11) is 3.42. The lowest BCUT2D eigenvalue weighted by Gasteiger charge is -2.22. The molecule has 1 aromatic heterocycles. The summed E-state index contributed by atoms with van der Waals surface area (Å²) in [5, 5.41) is 0. The standard InChI is InChI=1S/C20H26N2O3/c1-16(23)18-14-19(21(2)15-18)20(24)22(12-13-25-3)11-7-10-17-8-5-4-6-9-17/h4-6,8-9,14-15H,7,10-13H2,1-3H3. The lowest BCUT2D eigenvalue weighted by atomic mass is 10.1. The summed E-state index contributed by atoms with van der Waals surface area (Å²) in [5.74, 6) is -0.109. The summed E-state index contributed by atoms with van der Waals surface area (Å²) in [6.07, 6.45) is 3.50. The van der Waals surface area contributed by atoms with Gasteiger partial charge in [-0.05, 0) is 31.4 Å². The van der Waals surface area contributed by atoms with Gasteiger partial charge in [0.25, 0.3) is 5.91 Å². The number of aromatic nitrogens is 1. The number of methoxy groups -OCH3 is 1. The van der Waals surface area contributed by atoms with Gasteiger partial charge in [-0.1, -0.05) is 30.3 Å². The summed E-state index contributed by atoms with van der Waals surface area (Å²) in [4.78, 5) is 26.2. The van der Waals surface area contributed by atoms with Gasteiger partial charge in [0.1, 0.15) is 5.69 Å². The van der Waals surface area contributed by atoms with Crippen molar-refractivity contribution in [1.29, 1.82) is 0 Å². The van der Waals surface area contributed by atoms with Crippen molar-refractivity contribution in [1.82, 2.24) is 9.47 Å². The van der Waals surface area contributed by atoms with E-state index in [1.807, 2.05) is 18.2 Å². The van der Waals surface area contributed by atoms with Gasteiger partial charge in [-0.2, -0.15) is 0 Å². The van der Waals surface area contributed by atoms with Gasteiger partial charge in [-0.15, -0.1) is 0 Å². The summed E-state index contributed by atoms with van der Waals surface area (Å²) < 4.78 is 6.86. The molecule has 2 rings (SSSR count). The first kappa shape index (κ1) is 18.9. The Bertz CT molecular complexity index is 707. The second-order valence-electron chi connectivity index (χ2n) is 6.16. The monoisotopic (exact) mass is 342 g/mol. The molecule has 0 fully saturated rings. The molecule has 5 nitrogen and oxygen atoms in total. The van der Waals surface area contributed by atoms with Crippen molar-refractivity contribution in [2.45, 2.75) is 19.8 Å². The van der Waals surface area contributed by atoms with E-state index >= 15 is 0 Å². The molecule has 0 N–H and O–H groups in total. The smallest absolute Gasteiger partial charge is 0.270 e.